The van der Waals surface area contributed by atoms with Crippen molar-refractivity contribution in [1.82, 2.24) is 0 Å². The summed E-state index contributed by atoms with van der Waals surface area (Å²) in [5, 5.41) is 0. The summed E-state index contributed by atoms with van der Waals surface area (Å²) in [6.45, 7) is 0.405. The molecule has 1 aliphatic rings. The van der Waals surface area contributed by atoms with Gasteiger partial charge in [-0.3, -0.25) is 0 Å². The van der Waals surface area contributed by atoms with E-state index >= 15 is 0 Å². The van der Waals surface area contributed by atoms with E-state index < -0.39 is 12.6 Å². The van der Waals surface area contributed by atoms with Gasteiger partial charge in [-0.1, -0.05) is 11.6 Å². The largest absolute Gasteiger partial charge is 0.392 e. The van der Waals surface area contributed by atoms with Crippen molar-refractivity contribution in [3.8, 4) is 0 Å². The molecule has 0 aliphatic heterocycles. The van der Waals surface area contributed by atoms with Crippen LogP contribution in [0, 0.1) is 5.92 Å². The molecule has 0 aromatic heterocycles. The first-order valence-corrected chi connectivity index (χ1v) is 4.77. The van der Waals surface area contributed by atoms with E-state index in [1.807, 2.05) is 0 Å². The molecule has 0 fully saturated rings. The van der Waals surface area contributed by atoms with E-state index in [1.165, 1.54) is 7.11 Å². The molecule has 0 bridgehead atoms. The SMILES string of the molecule is COCC1CCCC=C1CC(F)(F)F. The molecule has 1 aliphatic carbocycles. The molecular weight excluding hydrogens is 193 g/mol. The summed E-state index contributed by atoms with van der Waals surface area (Å²) in [7, 11) is 1.53. The Kier molecular flexibility index (Phi) is 3.98. The first kappa shape index (κ1) is 11.6. The molecule has 0 saturated carbocycles. The number of ether oxygens (including phenoxy) is 1. The lowest BCUT2D eigenvalue weighted by atomic mass is 9.86. The maximum Gasteiger partial charge on any atom is 0.392 e. The van der Waals surface area contributed by atoms with Gasteiger partial charge >= 0.3 is 6.18 Å². The lowest BCUT2D eigenvalue weighted by Crippen LogP contribution is -2.19. The standard InChI is InChI=1S/C10H15F3O/c1-14-7-9-5-3-2-4-8(9)6-10(11,12)13/h4,9H,2-3,5-7H2,1H3. The van der Waals surface area contributed by atoms with Crippen molar-refractivity contribution >= 4 is 0 Å². The minimum absolute atomic E-state index is 0.0321. The van der Waals surface area contributed by atoms with Gasteiger partial charge in [-0.2, -0.15) is 13.2 Å². The fourth-order valence-electron chi connectivity index (χ4n) is 1.84. The molecule has 0 saturated heterocycles. The highest BCUT2D eigenvalue weighted by molar-refractivity contribution is 5.11. The maximum atomic E-state index is 12.2. The zero-order valence-electron chi connectivity index (χ0n) is 8.23. The molecule has 0 aromatic carbocycles. The minimum atomic E-state index is -4.09. The van der Waals surface area contributed by atoms with Crippen molar-refractivity contribution in [3.63, 3.8) is 0 Å². The molecule has 82 valence electrons. The average Bonchev–Trinajstić information content (AvgIpc) is 2.06. The van der Waals surface area contributed by atoms with Gasteiger partial charge in [-0.25, -0.2) is 0 Å². The van der Waals surface area contributed by atoms with E-state index in [4.69, 9.17) is 4.74 Å². The van der Waals surface area contributed by atoms with Crippen LogP contribution in [0.2, 0.25) is 0 Å². The summed E-state index contributed by atoms with van der Waals surface area (Å²) < 4.78 is 41.4. The first-order chi connectivity index (χ1) is 6.53. The van der Waals surface area contributed by atoms with Gasteiger partial charge in [0, 0.05) is 13.0 Å². The zero-order chi connectivity index (χ0) is 10.6. The van der Waals surface area contributed by atoms with Crippen LogP contribution in [0.5, 0.6) is 0 Å². The Morgan fingerprint density at radius 2 is 2.21 bits per heavy atom. The third-order valence-electron chi connectivity index (χ3n) is 2.46. The van der Waals surface area contributed by atoms with Crippen LogP contribution < -0.4 is 0 Å². The number of alkyl halides is 3. The van der Waals surface area contributed by atoms with Gasteiger partial charge in [0.1, 0.15) is 0 Å². The van der Waals surface area contributed by atoms with Gasteiger partial charge in [0.2, 0.25) is 0 Å². The Morgan fingerprint density at radius 1 is 1.50 bits per heavy atom. The number of methoxy groups -OCH3 is 1. The minimum Gasteiger partial charge on any atom is -0.384 e. The van der Waals surface area contributed by atoms with Crippen molar-refractivity contribution in [2.75, 3.05) is 13.7 Å². The van der Waals surface area contributed by atoms with Crippen LogP contribution in [0.4, 0.5) is 13.2 Å². The van der Waals surface area contributed by atoms with Crippen LogP contribution in [0.1, 0.15) is 25.7 Å². The number of halogens is 3. The quantitative estimate of drug-likeness (QED) is 0.646. The Morgan fingerprint density at radius 3 is 2.79 bits per heavy atom. The smallest absolute Gasteiger partial charge is 0.384 e. The topological polar surface area (TPSA) is 9.23 Å². The lowest BCUT2D eigenvalue weighted by molar-refractivity contribution is -0.129. The molecule has 1 unspecified atom stereocenters. The van der Waals surface area contributed by atoms with E-state index in [0.29, 0.717) is 12.2 Å². The van der Waals surface area contributed by atoms with Crippen LogP contribution in [-0.4, -0.2) is 19.9 Å². The number of hydrogen-bond acceptors (Lipinski definition) is 1. The van der Waals surface area contributed by atoms with Crippen molar-refractivity contribution in [2.45, 2.75) is 31.9 Å². The average molecular weight is 208 g/mol. The third kappa shape index (κ3) is 3.70. The lowest BCUT2D eigenvalue weighted by Gasteiger charge is -2.24. The fourth-order valence-corrected chi connectivity index (χ4v) is 1.84. The second kappa shape index (κ2) is 4.82. The van der Waals surface area contributed by atoms with E-state index in [-0.39, 0.29) is 5.92 Å². The summed E-state index contributed by atoms with van der Waals surface area (Å²) in [5.41, 5.74) is 0.505. The fraction of sp³-hybridized carbons (Fsp3) is 0.800. The molecular formula is C10H15F3O. The van der Waals surface area contributed by atoms with Crippen molar-refractivity contribution in [2.24, 2.45) is 5.92 Å². The number of hydrogen-bond donors (Lipinski definition) is 0. The van der Waals surface area contributed by atoms with Gasteiger partial charge in [-0.15, -0.1) is 0 Å². The molecule has 1 rings (SSSR count). The van der Waals surface area contributed by atoms with E-state index in [1.54, 1.807) is 6.08 Å². The Bertz CT molecular complexity index is 208. The number of rotatable bonds is 3. The summed E-state index contributed by atoms with van der Waals surface area (Å²) >= 11 is 0. The Hall–Kier alpha value is -0.510. The summed E-state index contributed by atoms with van der Waals surface area (Å²) in [5.74, 6) is -0.0321. The van der Waals surface area contributed by atoms with Crippen LogP contribution in [0.3, 0.4) is 0 Å². The van der Waals surface area contributed by atoms with E-state index in [2.05, 4.69) is 0 Å². The molecule has 0 aromatic rings. The van der Waals surface area contributed by atoms with E-state index in [9.17, 15) is 13.2 Å². The van der Waals surface area contributed by atoms with Gasteiger partial charge in [0.05, 0.1) is 13.0 Å². The molecule has 1 atom stereocenters. The molecule has 4 heteroatoms. The Balaban J connectivity index is 2.58. The highest BCUT2D eigenvalue weighted by Gasteiger charge is 2.32. The van der Waals surface area contributed by atoms with E-state index in [0.717, 1.165) is 19.3 Å². The van der Waals surface area contributed by atoms with Crippen LogP contribution >= 0.6 is 0 Å². The highest BCUT2D eigenvalue weighted by atomic mass is 19.4. The molecule has 0 heterocycles. The highest BCUT2D eigenvalue weighted by Crippen LogP contribution is 2.34. The second-order valence-electron chi connectivity index (χ2n) is 3.65. The summed E-state index contributed by atoms with van der Waals surface area (Å²) in [6, 6.07) is 0. The maximum absolute atomic E-state index is 12.2. The first-order valence-electron chi connectivity index (χ1n) is 4.77. The summed E-state index contributed by atoms with van der Waals surface area (Å²) in [4.78, 5) is 0. The third-order valence-corrected chi connectivity index (χ3v) is 2.46. The van der Waals surface area contributed by atoms with Crippen LogP contribution in [-0.2, 0) is 4.74 Å². The van der Waals surface area contributed by atoms with Crippen molar-refractivity contribution in [1.29, 1.82) is 0 Å². The Labute approximate surface area is 81.9 Å². The zero-order valence-corrected chi connectivity index (χ0v) is 8.23. The molecule has 1 nitrogen and oxygen atoms in total. The van der Waals surface area contributed by atoms with Gasteiger partial charge < -0.3 is 4.74 Å². The molecule has 14 heavy (non-hydrogen) atoms. The van der Waals surface area contributed by atoms with Crippen molar-refractivity contribution < 1.29 is 17.9 Å². The van der Waals surface area contributed by atoms with Crippen LogP contribution in [0.25, 0.3) is 0 Å². The molecule has 0 spiro atoms. The van der Waals surface area contributed by atoms with Crippen molar-refractivity contribution in [3.05, 3.63) is 11.6 Å². The monoisotopic (exact) mass is 208 g/mol. The van der Waals surface area contributed by atoms with Gasteiger partial charge in [0.25, 0.3) is 0 Å². The number of allylic oxidation sites excluding steroid dienone is 1. The molecule has 0 radical (unpaired) electrons. The summed E-state index contributed by atoms with van der Waals surface area (Å²) in [6.07, 6.45) is -0.590. The molecule has 0 N–H and O–H groups in total. The van der Waals surface area contributed by atoms with Gasteiger partial charge in [0.15, 0.2) is 0 Å². The second-order valence-corrected chi connectivity index (χ2v) is 3.65. The van der Waals surface area contributed by atoms with Gasteiger partial charge in [-0.05, 0) is 19.3 Å². The van der Waals surface area contributed by atoms with Crippen LogP contribution in [0.15, 0.2) is 11.6 Å². The normalized spacial score (nSPS) is 23.4. The predicted molar refractivity (Wildman–Crippen MR) is 48.0 cm³/mol. The molecule has 0 amide bonds. The predicted octanol–water partition coefficient (Wildman–Crippen LogP) is 3.31.